The number of hydrogen-bond acceptors (Lipinski definition) is 4. The first-order valence-electron chi connectivity index (χ1n) is 4.22. The molecule has 2 amide bonds. The first-order chi connectivity index (χ1) is 7.00. The number of hydrogen-bond donors (Lipinski definition) is 4. The number of nitrogens with one attached hydrogen (secondary N) is 1. The van der Waals surface area contributed by atoms with Crippen LogP contribution in [-0.4, -0.2) is 18.4 Å². The summed E-state index contributed by atoms with van der Waals surface area (Å²) in [4.78, 5) is 21.6. The summed E-state index contributed by atoms with van der Waals surface area (Å²) in [6, 6.07) is 4.60. The molecule has 0 atom stereocenters. The Morgan fingerprint density at radius 3 is 2.47 bits per heavy atom. The van der Waals surface area contributed by atoms with Crippen LogP contribution >= 0.6 is 0 Å². The average molecular weight is 208 g/mol. The summed E-state index contributed by atoms with van der Waals surface area (Å²) in [6.07, 6.45) is 0. The smallest absolute Gasteiger partial charge is 0.250 e. The highest BCUT2D eigenvalue weighted by molar-refractivity contribution is 5.99. The maximum Gasteiger partial charge on any atom is 0.250 e. The first kappa shape index (κ1) is 10.8. The molecule has 0 fully saturated rings. The topological polar surface area (TPSA) is 124 Å². The Kier molecular flexibility index (Phi) is 3.12. The van der Waals surface area contributed by atoms with E-state index in [4.69, 9.17) is 17.2 Å². The van der Waals surface area contributed by atoms with Crippen LogP contribution in [0.1, 0.15) is 10.4 Å². The van der Waals surface area contributed by atoms with Crippen molar-refractivity contribution in [1.82, 2.24) is 0 Å². The molecule has 0 radical (unpaired) electrons. The quantitative estimate of drug-likeness (QED) is 0.486. The number of nitrogen functional groups attached to an aromatic ring is 1. The summed E-state index contributed by atoms with van der Waals surface area (Å²) in [5.41, 5.74) is 16.7. The highest BCUT2D eigenvalue weighted by Gasteiger charge is 2.08. The van der Waals surface area contributed by atoms with Crippen molar-refractivity contribution < 1.29 is 9.59 Å². The van der Waals surface area contributed by atoms with Gasteiger partial charge in [-0.1, -0.05) is 0 Å². The lowest BCUT2D eigenvalue weighted by molar-refractivity contribution is -0.116. The Morgan fingerprint density at radius 2 is 1.93 bits per heavy atom. The molecule has 0 aliphatic rings. The molecule has 0 saturated heterocycles. The summed E-state index contributed by atoms with van der Waals surface area (Å²) in [5.74, 6) is -1.14. The van der Waals surface area contributed by atoms with Gasteiger partial charge in [-0.15, -0.1) is 0 Å². The zero-order valence-electron chi connectivity index (χ0n) is 7.99. The Balaban J connectivity index is 2.95. The number of amides is 2. The van der Waals surface area contributed by atoms with Crippen molar-refractivity contribution in [2.24, 2.45) is 11.5 Å². The highest BCUT2D eigenvalue weighted by atomic mass is 16.1. The van der Waals surface area contributed by atoms with E-state index < -0.39 is 11.8 Å². The van der Waals surface area contributed by atoms with Crippen LogP contribution in [0.2, 0.25) is 0 Å². The molecule has 80 valence electrons. The van der Waals surface area contributed by atoms with Crippen LogP contribution in [0.3, 0.4) is 0 Å². The second-order valence-electron chi connectivity index (χ2n) is 2.99. The van der Waals surface area contributed by atoms with Gasteiger partial charge in [-0.25, -0.2) is 0 Å². The summed E-state index contributed by atoms with van der Waals surface area (Å²) in [5, 5.41) is 2.69. The van der Waals surface area contributed by atoms with Gasteiger partial charge in [0.15, 0.2) is 0 Å². The Bertz CT molecular complexity index is 403. The number of carbonyl (C=O) groups is 2. The van der Waals surface area contributed by atoms with Gasteiger partial charge in [0, 0.05) is 11.4 Å². The van der Waals surface area contributed by atoms with Crippen molar-refractivity contribution in [1.29, 1.82) is 0 Å². The van der Waals surface area contributed by atoms with Crippen LogP contribution in [0.4, 0.5) is 11.4 Å². The SMILES string of the molecule is NC(=O)CNc1ccc(N)cc1C(N)=O. The number of primary amides is 2. The molecule has 0 aliphatic heterocycles. The fourth-order valence-electron chi connectivity index (χ4n) is 1.10. The molecule has 1 aromatic rings. The number of carbonyl (C=O) groups excluding carboxylic acids is 2. The van der Waals surface area contributed by atoms with Crippen LogP contribution in [0, 0.1) is 0 Å². The third-order valence-corrected chi connectivity index (χ3v) is 1.76. The molecule has 0 spiro atoms. The van der Waals surface area contributed by atoms with E-state index in [1.807, 2.05) is 0 Å². The molecule has 7 N–H and O–H groups in total. The number of anilines is 2. The van der Waals surface area contributed by atoms with Crippen LogP contribution < -0.4 is 22.5 Å². The van der Waals surface area contributed by atoms with Crippen LogP contribution in [-0.2, 0) is 4.79 Å². The van der Waals surface area contributed by atoms with Gasteiger partial charge in [0.05, 0.1) is 12.1 Å². The van der Waals surface area contributed by atoms with E-state index in [1.165, 1.54) is 6.07 Å². The predicted molar refractivity (Wildman–Crippen MR) is 57.1 cm³/mol. The zero-order chi connectivity index (χ0) is 11.4. The standard InChI is InChI=1S/C9H12N4O2/c10-5-1-2-7(13-4-8(11)14)6(3-5)9(12)15/h1-3,13H,4,10H2,(H2,11,14)(H2,12,15). The predicted octanol–water partition coefficient (Wildman–Crippen LogP) is -0.735. The van der Waals surface area contributed by atoms with Gasteiger partial charge in [-0.3, -0.25) is 9.59 Å². The summed E-state index contributed by atoms with van der Waals surface area (Å²) < 4.78 is 0. The van der Waals surface area contributed by atoms with E-state index in [0.717, 1.165) is 0 Å². The molecular formula is C9H12N4O2. The van der Waals surface area contributed by atoms with Crippen molar-refractivity contribution in [2.45, 2.75) is 0 Å². The van der Waals surface area contributed by atoms with Crippen molar-refractivity contribution in [3.05, 3.63) is 23.8 Å². The number of nitrogens with two attached hydrogens (primary N) is 3. The molecule has 1 aromatic carbocycles. The Morgan fingerprint density at radius 1 is 1.27 bits per heavy atom. The normalized spacial score (nSPS) is 9.60. The van der Waals surface area contributed by atoms with Crippen LogP contribution in [0.25, 0.3) is 0 Å². The second kappa shape index (κ2) is 4.32. The summed E-state index contributed by atoms with van der Waals surface area (Å²) >= 11 is 0. The van der Waals surface area contributed by atoms with Gasteiger partial charge in [0.2, 0.25) is 5.91 Å². The largest absolute Gasteiger partial charge is 0.399 e. The van der Waals surface area contributed by atoms with E-state index in [0.29, 0.717) is 11.4 Å². The van der Waals surface area contributed by atoms with E-state index in [9.17, 15) is 9.59 Å². The zero-order valence-corrected chi connectivity index (χ0v) is 7.99. The molecule has 0 aromatic heterocycles. The van der Waals surface area contributed by atoms with Crippen molar-refractivity contribution in [3.8, 4) is 0 Å². The maximum atomic E-state index is 11.0. The van der Waals surface area contributed by atoms with Crippen molar-refractivity contribution >= 4 is 23.2 Å². The fourth-order valence-corrected chi connectivity index (χ4v) is 1.10. The van der Waals surface area contributed by atoms with E-state index in [-0.39, 0.29) is 12.1 Å². The molecule has 0 aliphatic carbocycles. The van der Waals surface area contributed by atoms with Crippen molar-refractivity contribution in [3.63, 3.8) is 0 Å². The minimum Gasteiger partial charge on any atom is -0.399 e. The Labute approximate surface area is 86.4 Å². The van der Waals surface area contributed by atoms with Crippen LogP contribution in [0.5, 0.6) is 0 Å². The van der Waals surface area contributed by atoms with Crippen LogP contribution in [0.15, 0.2) is 18.2 Å². The lowest BCUT2D eigenvalue weighted by atomic mass is 10.1. The molecule has 0 saturated carbocycles. The average Bonchev–Trinajstić information content (AvgIpc) is 2.15. The third-order valence-electron chi connectivity index (χ3n) is 1.76. The molecule has 15 heavy (non-hydrogen) atoms. The molecule has 1 rings (SSSR count). The van der Waals surface area contributed by atoms with Gasteiger partial charge in [-0.05, 0) is 18.2 Å². The fraction of sp³-hybridized carbons (Fsp3) is 0.111. The van der Waals surface area contributed by atoms with E-state index in [2.05, 4.69) is 5.32 Å². The van der Waals surface area contributed by atoms with Gasteiger partial charge >= 0.3 is 0 Å². The molecule has 6 nitrogen and oxygen atoms in total. The summed E-state index contributed by atoms with van der Waals surface area (Å²) in [6.45, 7) is -0.0653. The first-order valence-corrected chi connectivity index (χ1v) is 4.22. The van der Waals surface area contributed by atoms with Crippen molar-refractivity contribution in [2.75, 3.05) is 17.6 Å². The molecule has 0 heterocycles. The van der Waals surface area contributed by atoms with E-state index in [1.54, 1.807) is 12.1 Å². The summed E-state index contributed by atoms with van der Waals surface area (Å²) in [7, 11) is 0. The highest BCUT2D eigenvalue weighted by Crippen LogP contribution is 2.17. The maximum absolute atomic E-state index is 11.0. The molecule has 0 unspecified atom stereocenters. The monoisotopic (exact) mass is 208 g/mol. The van der Waals surface area contributed by atoms with Gasteiger partial charge in [0.1, 0.15) is 0 Å². The lowest BCUT2D eigenvalue weighted by Gasteiger charge is -2.08. The van der Waals surface area contributed by atoms with E-state index >= 15 is 0 Å². The van der Waals surface area contributed by atoms with Gasteiger partial charge < -0.3 is 22.5 Å². The number of rotatable bonds is 4. The van der Waals surface area contributed by atoms with Gasteiger partial charge in [-0.2, -0.15) is 0 Å². The minimum absolute atomic E-state index is 0.0653. The third kappa shape index (κ3) is 2.87. The second-order valence-corrected chi connectivity index (χ2v) is 2.99. The number of benzene rings is 1. The Hall–Kier alpha value is -2.24. The molecule has 0 bridgehead atoms. The molecule has 6 heteroatoms. The minimum atomic E-state index is -0.616. The van der Waals surface area contributed by atoms with Gasteiger partial charge in [0.25, 0.3) is 5.91 Å². The lowest BCUT2D eigenvalue weighted by Crippen LogP contribution is -2.23. The molecular weight excluding hydrogens is 196 g/mol.